The number of rotatable bonds is 4. The number of thiophene rings is 1. The number of carbonyl (C=O) groups is 1. The number of hydrogen-bond donors (Lipinski definition) is 1. The molecular formula is C11H10ClFN4OS. The summed E-state index contributed by atoms with van der Waals surface area (Å²) in [5.41, 5.74) is 2.36. The van der Waals surface area contributed by atoms with Gasteiger partial charge in [0.25, 0.3) is 5.91 Å². The van der Waals surface area contributed by atoms with Gasteiger partial charge in [0.1, 0.15) is 6.04 Å². The lowest BCUT2D eigenvalue weighted by atomic mass is 10.3. The average molecular weight is 301 g/mol. The molecule has 1 unspecified atom stereocenters. The van der Waals surface area contributed by atoms with Gasteiger partial charge in [0.2, 0.25) is 0 Å². The second-order valence-corrected chi connectivity index (χ2v) is 5.19. The van der Waals surface area contributed by atoms with Crippen LogP contribution in [0.2, 0.25) is 5.02 Å². The molecule has 1 N–H and O–H groups in total. The number of nitrogens with zero attached hydrogens (tertiary/aromatic N) is 3. The summed E-state index contributed by atoms with van der Waals surface area (Å²) in [6.45, 7) is 1.67. The number of hydrazone groups is 1. The third kappa shape index (κ3) is 3.62. The molecule has 2 aromatic rings. The quantitative estimate of drug-likeness (QED) is 0.696. The van der Waals surface area contributed by atoms with Crippen molar-refractivity contribution in [3.8, 4) is 0 Å². The first-order chi connectivity index (χ1) is 9.06. The summed E-state index contributed by atoms with van der Waals surface area (Å²) in [6.07, 6.45) is 4.38. The van der Waals surface area contributed by atoms with Gasteiger partial charge in [0, 0.05) is 6.20 Å². The maximum atomic E-state index is 12.7. The lowest BCUT2D eigenvalue weighted by molar-refractivity contribution is -0.124. The molecule has 19 heavy (non-hydrogen) atoms. The molecule has 2 aromatic heterocycles. The highest BCUT2D eigenvalue weighted by molar-refractivity contribution is 7.12. The summed E-state index contributed by atoms with van der Waals surface area (Å²) in [4.78, 5) is 12.4. The first kappa shape index (κ1) is 13.7. The number of halogens is 2. The third-order valence-corrected chi connectivity index (χ3v) is 3.31. The normalized spacial score (nSPS) is 12.8. The predicted octanol–water partition coefficient (Wildman–Crippen LogP) is 2.45. The third-order valence-electron chi connectivity index (χ3n) is 2.31. The number of carbonyl (C=O) groups excluding carboxylic acids is 1. The smallest absolute Gasteiger partial charge is 0.264 e. The first-order valence-electron chi connectivity index (χ1n) is 5.34. The molecular weight excluding hydrogens is 291 g/mol. The highest BCUT2D eigenvalue weighted by atomic mass is 35.5. The van der Waals surface area contributed by atoms with Crippen molar-refractivity contribution in [2.75, 3.05) is 0 Å². The maximum Gasteiger partial charge on any atom is 0.264 e. The molecule has 0 aliphatic rings. The molecule has 0 bridgehead atoms. The van der Waals surface area contributed by atoms with Crippen molar-refractivity contribution in [2.45, 2.75) is 13.0 Å². The Labute approximate surface area is 117 Å². The van der Waals surface area contributed by atoms with Gasteiger partial charge in [0.05, 0.1) is 22.3 Å². The summed E-state index contributed by atoms with van der Waals surface area (Å²) >= 11 is 6.66. The number of hydrogen-bond acceptors (Lipinski definition) is 4. The minimum atomic E-state index is -0.537. The van der Waals surface area contributed by atoms with E-state index in [1.807, 2.05) is 0 Å². The molecule has 0 saturated heterocycles. The van der Waals surface area contributed by atoms with Gasteiger partial charge in [-0.2, -0.15) is 14.6 Å². The van der Waals surface area contributed by atoms with Gasteiger partial charge >= 0.3 is 0 Å². The monoisotopic (exact) mass is 300 g/mol. The molecule has 0 radical (unpaired) electrons. The van der Waals surface area contributed by atoms with Gasteiger partial charge in [-0.25, -0.2) is 5.43 Å². The second kappa shape index (κ2) is 5.94. The van der Waals surface area contributed by atoms with Crippen molar-refractivity contribution in [3.63, 3.8) is 0 Å². The maximum absolute atomic E-state index is 12.7. The fourth-order valence-electron chi connectivity index (χ4n) is 1.30. The van der Waals surface area contributed by atoms with Gasteiger partial charge in [-0.15, -0.1) is 11.3 Å². The van der Waals surface area contributed by atoms with E-state index in [1.165, 1.54) is 23.2 Å². The van der Waals surface area contributed by atoms with E-state index in [0.717, 1.165) is 11.3 Å². The zero-order valence-electron chi connectivity index (χ0n) is 9.88. The van der Waals surface area contributed by atoms with Crippen LogP contribution < -0.4 is 5.43 Å². The van der Waals surface area contributed by atoms with Crippen LogP contribution in [0.1, 0.15) is 17.8 Å². The number of nitrogens with one attached hydrogen (secondary N) is 1. The summed E-state index contributed by atoms with van der Waals surface area (Å²) in [6, 6.07) is 2.37. The first-order valence-corrected chi connectivity index (χ1v) is 6.53. The molecule has 0 aliphatic carbocycles. The molecule has 0 fully saturated rings. The Hall–Kier alpha value is -1.73. The summed E-state index contributed by atoms with van der Waals surface area (Å²) in [7, 11) is 0. The Bertz CT molecular complexity index is 609. The summed E-state index contributed by atoms with van der Waals surface area (Å²) in [5.74, 6) is -0.340. The minimum absolute atomic E-state index is 0.299. The molecule has 2 heterocycles. The van der Waals surface area contributed by atoms with Crippen LogP contribution >= 0.6 is 22.9 Å². The van der Waals surface area contributed by atoms with E-state index in [-0.39, 0.29) is 11.0 Å². The van der Waals surface area contributed by atoms with Gasteiger partial charge in [-0.1, -0.05) is 11.6 Å². The Morgan fingerprint density at radius 3 is 3.05 bits per heavy atom. The highest BCUT2D eigenvalue weighted by Gasteiger charge is 2.14. The topological polar surface area (TPSA) is 59.3 Å². The van der Waals surface area contributed by atoms with Crippen LogP contribution in [0.15, 0.2) is 29.6 Å². The van der Waals surface area contributed by atoms with Crippen LogP contribution in [0.25, 0.3) is 0 Å². The van der Waals surface area contributed by atoms with Crippen molar-refractivity contribution >= 4 is 35.1 Å². The van der Waals surface area contributed by atoms with Gasteiger partial charge in [0.15, 0.2) is 5.13 Å². The fraction of sp³-hybridized carbons (Fsp3) is 0.182. The lowest BCUT2D eigenvalue weighted by Crippen LogP contribution is -2.27. The van der Waals surface area contributed by atoms with Crippen LogP contribution in [0.3, 0.4) is 0 Å². The van der Waals surface area contributed by atoms with E-state index >= 15 is 0 Å². The largest absolute Gasteiger partial charge is 0.271 e. The van der Waals surface area contributed by atoms with Gasteiger partial charge in [-0.05, 0) is 19.1 Å². The zero-order chi connectivity index (χ0) is 13.8. The van der Waals surface area contributed by atoms with Crippen LogP contribution in [0.5, 0.6) is 0 Å². The van der Waals surface area contributed by atoms with E-state index < -0.39 is 6.04 Å². The molecule has 2 rings (SSSR count). The van der Waals surface area contributed by atoms with Crippen LogP contribution in [0.4, 0.5) is 4.39 Å². The van der Waals surface area contributed by atoms with Gasteiger partial charge in [-0.3, -0.25) is 9.48 Å². The fourth-order valence-corrected chi connectivity index (χ4v) is 2.04. The standard InChI is InChI=1S/C11H10ClFN4OS/c1-7(17-6-8(12)4-15-17)11(18)16-14-5-9-2-3-10(13)19-9/h2-7H,1H3,(H,16,18). The van der Waals surface area contributed by atoms with Crippen LogP contribution in [-0.4, -0.2) is 21.9 Å². The minimum Gasteiger partial charge on any atom is -0.271 e. The molecule has 0 spiro atoms. The summed E-state index contributed by atoms with van der Waals surface area (Å²) < 4.78 is 14.1. The zero-order valence-corrected chi connectivity index (χ0v) is 11.5. The van der Waals surface area contributed by atoms with E-state index in [0.29, 0.717) is 9.90 Å². The molecule has 8 heteroatoms. The number of aromatic nitrogens is 2. The van der Waals surface area contributed by atoms with Crippen molar-refractivity contribution in [3.05, 3.63) is 39.6 Å². The summed E-state index contributed by atoms with van der Waals surface area (Å²) in [5, 5.41) is 7.84. The molecule has 1 atom stereocenters. The Morgan fingerprint density at radius 1 is 1.68 bits per heavy atom. The van der Waals surface area contributed by atoms with Crippen molar-refractivity contribution < 1.29 is 9.18 Å². The highest BCUT2D eigenvalue weighted by Crippen LogP contribution is 2.12. The van der Waals surface area contributed by atoms with Gasteiger partial charge < -0.3 is 0 Å². The molecule has 100 valence electrons. The Morgan fingerprint density at radius 2 is 2.47 bits per heavy atom. The van der Waals surface area contributed by atoms with E-state index in [4.69, 9.17) is 11.6 Å². The SMILES string of the molecule is CC(C(=O)NN=Cc1ccc(F)s1)n1cc(Cl)cn1. The van der Waals surface area contributed by atoms with E-state index in [9.17, 15) is 9.18 Å². The average Bonchev–Trinajstić information content (AvgIpc) is 2.97. The Balaban J connectivity index is 1.92. The van der Waals surface area contributed by atoms with E-state index in [1.54, 1.807) is 19.2 Å². The Kier molecular flexibility index (Phi) is 4.28. The van der Waals surface area contributed by atoms with Crippen molar-refractivity contribution in [1.29, 1.82) is 0 Å². The van der Waals surface area contributed by atoms with Crippen molar-refractivity contribution in [2.24, 2.45) is 5.10 Å². The van der Waals surface area contributed by atoms with E-state index in [2.05, 4.69) is 15.6 Å². The number of amides is 1. The predicted molar refractivity (Wildman–Crippen MR) is 72.0 cm³/mol. The van der Waals surface area contributed by atoms with Crippen LogP contribution in [0, 0.1) is 5.13 Å². The lowest BCUT2D eigenvalue weighted by Gasteiger charge is -2.09. The molecule has 0 aromatic carbocycles. The molecule has 0 saturated carbocycles. The molecule has 5 nitrogen and oxygen atoms in total. The molecule has 1 amide bonds. The van der Waals surface area contributed by atoms with Crippen molar-refractivity contribution in [1.82, 2.24) is 15.2 Å². The van der Waals surface area contributed by atoms with Crippen LogP contribution in [-0.2, 0) is 4.79 Å². The molecule has 0 aliphatic heterocycles. The second-order valence-electron chi connectivity index (χ2n) is 3.69.